The number of alkyl halides is 1. The first kappa shape index (κ1) is 13.3. The van der Waals surface area contributed by atoms with Crippen LogP contribution in [0.25, 0.3) is 5.57 Å². The Morgan fingerprint density at radius 2 is 1.94 bits per heavy atom. The molecule has 0 aromatic heterocycles. The van der Waals surface area contributed by atoms with E-state index in [9.17, 15) is 9.90 Å². The molecule has 2 rings (SSSR count). The second kappa shape index (κ2) is 4.87. The van der Waals surface area contributed by atoms with E-state index in [1.54, 1.807) is 0 Å². The fraction of sp³-hybridized carbons (Fsp3) is 0.400. The van der Waals surface area contributed by atoms with Crippen molar-refractivity contribution in [3.8, 4) is 0 Å². The third kappa shape index (κ3) is 2.23. The molecule has 0 spiro atoms. The minimum absolute atomic E-state index is 0.144. The summed E-state index contributed by atoms with van der Waals surface area (Å²) in [7, 11) is 0. The number of ketones is 1. The number of halogens is 1. The van der Waals surface area contributed by atoms with Crippen LogP contribution < -0.4 is 0 Å². The van der Waals surface area contributed by atoms with Gasteiger partial charge in [0.25, 0.3) is 0 Å². The van der Waals surface area contributed by atoms with Crippen molar-refractivity contribution in [3.63, 3.8) is 0 Å². The first-order valence-electron chi connectivity index (χ1n) is 6.04. The third-order valence-corrected chi connectivity index (χ3v) is 4.28. The van der Waals surface area contributed by atoms with Crippen LogP contribution in [0.5, 0.6) is 0 Å². The highest BCUT2D eigenvalue weighted by atomic mass is 35.5. The van der Waals surface area contributed by atoms with E-state index in [0.717, 1.165) is 11.1 Å². The van der Waals surface area contributed by atoms with Crippen LogP contribution in [0.4, 0.5) is 0 Å². The van der Waals surface area contributed by atoms with Crippen LogP contribution in [-0.2, 0) is 4.79 Å². The summed E-state index contributed by atoms with van der Waals surface area (Å²) >= 11 is 6.19. The van der Waals surface area contributed by atoms with Gasteiger partial charge in [0.2, 0.25) is 0 Å². The number of carbonyl (C=O) groups excluding carboxylic acids is 1. The van der Waals surface area contributed by atoms with E-state index in [1.807, 2.05) is 44.2 Å². The highest BCUT2D eigenvalue weighted by Crippen LogP contribution is 2.43. The molecule has 18 heavy (non-hydrogen) atoms. The lowest BCUT2D eigenvalue weighted by atomic mass is 9.71. The molecule has 0 amide bonds. The van der Waals surface area contributed by atoms with Gasteiger partial charge < -0.3 is 5.11 Å². The van der Waals surface area contributed by atoms with Crippen molar-refractivity contribution in [1.29, 1.82) is 0 Å². The summed E-state index contributed by atoms with van der Waals surface area (Å²) < 4.78 is 0. The van der Waals surface area contributed by atoms with Gasteiger partial charge in [-0.2, -0.15) is 0 Å². The zero-order valence-electron chi connectivity index (χ0n) is 10.6. The number of hydrogen-bond donors (Lipinski definition) is 1. The maximum Gasteiger partial charge on any atom is 0.179 e. The Bertz CT molecular complexity index is 488. The van der Waals surface area contributed by atoms with Crippen LogP contribution in [0, 0.1) is 5.41 Å². The van der Waals surface area contributed by atoms with Crippen LogP contribution in [0.15, 0.2) is 35.9 Å². The normalized spacial score (nSPS) is 23.3. The molecule has 1 aromatic carbocycles. The molecule has 0 aliphatic heterocycles. The zero-order chi connectivity index (χ0) is 13.3. The predicted octanol–water partition coefficient (Wildman–Crippen LogP) is 3.04. The van der Waals surface area contributed by atoms with E-state index < -0.39 is 5.38 Å². The Labute approximate surface area is 112 Å². The molecular formula is C15H17ClO2. The molecule has 0 heterocycles. The molecular weight excluding hydrogens is 248 g/mol. The van der Waals surface area contributed by atoms with Crippen LogP contribution in [-0.4, -0.2) is 22.9 Å². The van der Waals surface area contributed by atoms with Gasteiger partial charge >= 0.3 is 0 Å². The Hall–Kier alpha value is -1.12. The first-order valence-corrected chi connectivity index (χ1v) is 6.47. The van der Waals surface area contributed by atoms with Gasteiger partial charge in [0.15, 0.2) is 5.78 Å². The van der Waals surface area contributed by atoms with Gasteiger partial charge in [-0.25, -0.2) is 0 Å². The Morgan fingerprint density at radius 1 is 1.33 bits per heavy atom. The molecule has 0 saturated heterocycles. The van der Waals surface area contributed by atoms with Gasteiger partial charge in [0.05, 0.1) is 6.61 Å². The molecule has 1 aromatic rings. The molecule has 0 saturated carbocycles. The van der Waals surface area contributed by atoms with Crippen LogP contribution >= 0.6 is 11.6 Å². The first-order chi connectivity index (χ1) is 8.47. The summed E-state index contributed by atoms with van der Waals surface area (Å²) in [6, 6.07) is 9.72. The number of aliphatic hydroxyl groups is 1. The van der Waals surface area contributed by atoms with E-state index in [1.165, 1.54) is 0 Å². The van der Waals surface area contributed by atoms with Crippen molar-refractivity contribution in [2.45, 2.75) is 25.6 Å². The molecule has 1 aliphatic rings. The number of Topliss-reactive ketones (excluding diaryl/α,β-unsaturated/α-hetero) is 1. The molecule has 0 radical (unpaired) electrons. The monoisotopic (exact) mass is 264 g/mol. The van der Waals surface area contributed by atoms with E-state index in [4.69, 9.17) is 11.6 Å². The van der Waals surface area contributed by atoms with Gasteiger partial charge in [-0.05, 0) is 23.0 Å². The minimum atomic E-state index is -0.563. The Balaban J connectivity index is 2.55. The molecule has 1 unspecified atom stereocenters. The summed E-state index contributed by atoms with van der Waals surface area (Å²) in [5.41, 5.74) is 2.08. The van der Waals surface area contributed by atoms with Crippen LogP contribution in [0.3, 0.4) is 0 Å². The van der Waals surface area contributed by atoms with E-state index in [2.05, 4.69) is 0 Å². The number of allylic oxidation sites excluding steroid dienone is 1. The van der Waals surface area contributed by atoms with Gasteiger partial charge in [0, 0.05) is 5.57 Å². The van der Waals surface area contributed by atoms with Gasteiger partial charge in [0.1, 0.15) is 5.38 Å². The zero-order valence-corrected chi connectivity index (χ0v) is 11.4. The molecule has 0 bridgehead atoms. The topological polar surface area (TPSA) is 37.3 Å². The van der Waals surface area contributed by atoms with Gasteiger partial charge in [-0.1, -0.05) is 44.2 Å². The van der Waals surface area contributed by atoms with Crippen molar-refractivity contribution in [2.75, 3.05) is 6.61 Å². The second-order valence-electron chi connectivity index (χ2n) is 5.37. The van der Waals surface area contributed by atoms with Crippen LogP contribution in [0.2, 0.25) is 0 Å². The van der Waals surface area contributed by atoms with Crippen molar-refractivity contribution >= 4 is 23.0 Å². The Kier molecular flexibility index (Phi) is 3.60. The van der Waals surface area contributed by atoms with Crippen molar-refractivity contribution in [1.82, 2.24) is 0 Å². The predicted molar refractivity (Wildman–Crippen MR) is 73.5 cm³/mol. The number of rotatable bonds is 2. The average molecular weight is 265 g/mol. The molecule has 1 aliphatic carbocycles. The quantitative estimate of drug-likeness (QED) is 0.834. The second-order valence-corrected chi connectivity index (χ2v) is 5.81. The summed E-state index contributed by atoms with van der Waals surface area (Å²) in [5, 5.41) is 8.88. The van der Waals surface area contributed by atoms with Crippen LogP contribution in [0.1, 0.15) is 25.8 Å². The minimum Gasteiger partial charge on any atom is -0.392 e. The number of aliphatic hydroxyl groups excluding tert-OH is 1. The molecule has 2 nitrogen and oxygen atoms in total. The summed E-state index contributed by atoms with van der Waals surface area (Å²) in [4.78, 5) is 12.2. The molecule has 3 heteroatoms. The maximum atomic E-state index is 12.2. The highest BCUT2D eigenvalue weighted by Gasteiger charge is 2.41. The lowest BCUT2D eigenvalue weighted by Crippen LogP contribution is -2.38. The molecule has 0 fully saturated rings. The van der Waals surface area contributed by atoms with E-state index >= 15 is 0 Å². The van der Waals surface area contributed by atoms with Crippen molar-refractivity contribution in [3.05, 3.63) is 41.5 Å². The maximum absolute atomic E-state index is 12.2. The highest BCUT2D eigenvalue weighted by molar-refractivity contribution is 6.36. The summed E-state index contributed by atoms with van der Waals surface area (Å²) in [6.45, 7) is 3.72. The molecule has 96 valence electrons. The number of benzene rings is 1. The average Bonchev–Trinajstić information content (AvgIpc) is 2.37. The summed E-state index contributed by atoms with van der Waals surface area (Å²) in [5.74, 6) is -0.144. The van der Waals surface area contributed by atoms with Gasteiger partial charge in [-0.15, -0.1) is 11.6 Å². The molecule has 1 N–H and O–H groups in total. The standard InChI is InChI=1S/C15H17ClO2/c1-15(2)8-11(10-6-4-3-5-7-10)12(9-17)13(18)14(15)16/h3-7,14,17H,8-9H2,1-2H3. The van der Waals surface area contributed by atoms with E-state index in [0.29, 0.717) is 12.0 Å². The largest absolute Gasteiger partial charge is 0.392 e. The third-order valence-electron chi connectivity index (χ3n) is 3.49. The fourth-order valence-corrected chi connectivity index (χ4v) is 2.61. The number of hydrogen-bond acceptors (Lipinski definition) is 2. The summed E-state index contributed by atoms with van der Waals surface area (Å²) in [6.07, 6.45) is 0.701. The number of carbonyl (C=O) groups is 1. The fourth-order valence-electron chi connectivity index (χ4n) is 2.40. The van der Waals surface area contributed by atoms with Crippen molar-refractivity contribution < 1.29 is 9.90 Å². The smallest absolute Gasteiger partial charge is 0.179 e. The van der Waals surface area contributed by atoms with E-state index in [-0.39, 0.29) is 17.8 Å². The molecule has 1 atom stereocenters. The van der Waals surface area contributed by atoms with Gasteiger partial charge in [-0.3, -0.25) is 4.79 Å². The SMILES string of the molecule is CC1(C)CC(c2ccccc2)=C(CO)C(=O)C1Cl. The lowest BCUT2D eigenvalue weighted by molar-refractivity contribution is -0.117. The van der Waals surface area contributed by atoms with Crippen molar-refractivity contribution in [2.24, 2.45) is 5.41 Å². The lowest BCUT2D eigenvalue weighted by Gasteiger charge is -2.36. The Morgan fingerprint density at radius 3 is 2.50 bits per heavy atom.